The molecule has 208 valence electrons. The summed E-state index contributed by atoms with van der Waals surface area (Å²) in [6.45, 7) is -1.79. The van der Waals surface area contributed by atoms with Crippen molar-refractivity contribution >= 4 is 19.4 Å². The molecule has 0 bridgehead atoms. The molecule has 0 unspecified atom stereocenters. The molecule has 12 nitrogen and oxygen atoms in total. The van der Waals surface area contributed by atoms with E-state index in [2.05, 4.69) is 14.6 Å². The molecular formula is C20H14ClF5N5O7P. The third-order valence-corrected chi connectivity index (χ3v) is 5.33. The van der Waals surface area contributed by atoms with Crippen LogP contribution in [-0.4, -0.2) is 29.1 Å². The van der Waals surface area contributed by atoms with Crippen LogP contribution in [0.25, 0.3) is 0 Å². The highest BCUT2D eigenvalue weighted by molar-refractivity contribution is 7.46. The zero-order valence-electron chi connectivity index (χ0n) is 19.2. The quantitative estimate of drug-likeness (QED) is 0.290. The average Bonchev–Trinajstić information content (AvgIpc) is 2.79. The second kappa shape index (κ2) is 10.8. The van der Waals surface area contributed by atoms with Gasteiger partial charge >= 0.3 is 14.0 Å². The number of phosphoric acid groups is 1. The van der Waals surface area contributed by atoms with Crippen molar-refractivity contribution in [2.45, 2.75) is 32.3 Å². The van der Waals surface area contributed by atoms with E-state index in [4.69, 9.17) is 31.4 Å². The molecule has 0 atom stereocenters. The van der Waals surface area contributed by atoms with Gasteiger partial charge in [-0.3, -0.25) is 18.7 Å². The van der Waals surface area contributed by atoms with Gasteiger partial charge in [0.25, 0.3) is 17.0 Å². The van der Waals surface area contributed by atoms with Crippen LogP contribution in [-0.2, 0) is 34.5 Å². The minimum Gasteiger partial charge on any atom is -0.449 e. The lowest BCUT2D eigenvalue weighted by Gasteiger charge is -2.17. The summed E-state index contributed by atoms with van der Waals surface area (Å²) in [5.74, 6) is -5.58. The van der Waals surface area contributed by atoms with Crippen molar-refractivity contribution in [2.75, 3.05) is 0 Å². The van der Waals surface area contributed by atoms with Gasteiger partial charge < -0.3 is 14.5 Å². The normalized spacial score (nSPS) is 12.3. The highest BCUT2D eigenvalue weighted by Crippen LogP contribution is 2.36. The number of hydrogen-bond donors (Lipinski definition) is 2. The summed E-state index contributed by atoms with van der Waals surface area (Å²) in [5.41, 5.74) is -6.55. The van der Waals surface area contributed by atoms with Crippen molar-refractivity contribution in [3.8, 4) is 17.6 Å². The molecule has 3 aromatic rings. The van der Waals surface area contributed by atoms with Crippen LogP contribution in [0.2, 0.25) is 5.02 Å². The molecule has 0 aliphatic heterocycles. The van der Waals surface area contributed by atoms with Gasteiger partial charge in [-0.25, -0.2) is 23.0 Å². The van der Waals surface area contributed by atoms with E-state index in [1.165, 1.54) is 6.07 Å². The van der Waals surface area contributed by atoms with Crippen molar-refractivity contribution in [1.82, 2.24) is 19.3 Å². The van der Waals surface area contributed by atoms with Crippen LogP contribution < -0.4 is 15.9 Å². The maximum Gasteiger partial charge on any atom is 0.471 e. The topological polar surface area (TPSA) is 170 Å². The van der Waals surface area contributed by atoms with Crippen LogP contribution in [0.4, 0.5) is 22.0 Å². The predicted molar refractivity (Wildman–Crippen MR) is 120 cm³/mol. The summed E-state index contributed by atoms with van der Waals surface area (Å²) in [7, 11) is -5.17. The number of hydrogen-bond acceptors (Lipinski definition) is 8. The first-order valence-electron chi connectivity index (χ1n) is 10.1. The fraction of sp³-hybridized carbons (Fsp3) is 0.250. The Bertz CT molecular complexity index is 1630. The number of aromatic nitrogens is 4. The molecule has 0 spiro atoms. The number of ether oxygens (including phenoxy) is 1. The molecule has 0 fully saturated rings. The number of alkyl halides is 5. The molecule has 0 saturated heterocycles. The molecule has 1 aromatic carbocycles. The van der Waals surface area contributed by atoms with Crippen LogP contribution >= 0.6 is 19.4 Å². The molecule has 2 aromatic heterocycles. The number of nitrogens with zero attached hydrogens (tertiary/aromatic N) is 5. The van der Waals surface area contributed by atoms with Gasteiger partial charge in [-0.15, -0.1) is 0 Å². The average molecular weight is 598 g/mol. The minimum absolute atomic E-state index is 0.0983. The Morgan fingerprint density at radius 2 is 1.79 bits per heavy atom. The summed E-state index contributed by atoms with van der Waals surface area (Å²) in [6.07, 6.45) is -4.77. The van der Waals surface area contributed by atoms with Crippen LogP contribution in [0.3, 0.4) is 0 Å². The smallest absolute Gasteiger partial charge is 0.449 e. The molecule has 0 saturated carbocycles. The van der Waals surface area contributed by atoms with Gasteiger partial charge in [0.1, 0.15) is 5.75 Å². The minimum atomic E-state index is -5.19. The third-order valence-electron chi connectivity index (χ3n) is 4.66. The van der Waals surface area contributed by atoms with E-state index in [0.717, 1.165) is 12.1 Å². The van der Waals surface area contributed by atoms with Gasteiger partial charge in [0.15, 0.2) is 12.4 Å². The first-order valence-corrected chi connectivity index (χ1v) is 12.0. The number of nitriles is 1. The molecule has 3 rings (SSSR count). The fourth-order valence-corrected chi connectivity index (χ4v) is 3.55. The van der Waals surface area contributed by atoms with E-state index < -0.39 is 72.8 Å². The van der Waals surface area contributed by atoms with Crippen LogP contribution in [0.15, 0.2) is 40.2 Å². The van der Waals surface area contributed by atoms with Crippen molar-refractivity contribution in [2.24, 2.45) is 0 Å². The lowest BCUT2D eigenvalue weighted by molar-refractivity contribution is -0.142. The zero-order chi connectivity index (χ0) is 29.3. The zero-order valence-corrected chi connectivity index (χ0v) is 20.8. The lowest BCUT2D eigenvalue weighted by atomic mass is 10.1. The maximum absolute atomic E-state index is 14.1. The first kappa shape index (κ1) is 29.9. The summed E-state index contributed by atoms with van der Waals surface area (Å²) < 4.78 is 89.7. The molecule has 0 aliphatic rings. The van der Waals surface area contributed by atoms with Gasteiger partial charge in [-0.05, 0) is 24.3 Å². The van der Waals surface area contributed by atoms with E-state index >= 15 is 0 Å². The molecule has 0 radical (unpaired) electrons. The molecule has 2 heterocycles. The van der Waals surface area contributed by atoms with E-state index in [1.807, 2.05) is 0 Å². The Morgan fingerprint density at radius 1 is 1.13 bits per heavy atom. The predicted octanol–water partition coefficient (Wildman–Crippen LogP) is 3.36. The Labute approximate surface area is 218 Å². The van der Waals surface area contributed by atoms with E-state index in [0.29, 0.717) is 23.9 Å². The number of rotatable bonds is 8. The molecule has 19 heteroatoms. The van der Waals surface area contributed by atoms with Crippen molar-refractivity contribution in [3.63, 3.8) is 0 Å². The highest BCUT2D eigenvalue weighted by Gasteiger charge is 2.39. The Morgan fingerprint density at radius 3 is 2.36 bits per heavy atom. The molecule has 39 heavy (non-hydrogen) atoms. The fourth-order valence-electron chi connectivity index (χ4n) is 3.06. The van der Waals surface area contributed by atoms with Crippen molar-refractivity contribution in [1.29, 1.82) is 5.26 Å². The molecular weight excluding hydrogens is 584 g/mol. The summed E-state index contributed by atoms with van der Waals surface area (Å²) in [6, 6.07) is 5.45. The van der Waals surface area contributed by atoms with Crippen molar-refractivity contribution in [3.05, 3.63) is 78.8 Å². The summed E-state index contributed by atoms with van der Waals surface area (Å²) in [4.78, 5) is 46.2. The van der Waals surface area contributed by atoms with Gasteiger partial charge in [-0.1, -0.05) is 11.6 Å². The summed E-state index contributed by atoms with van der Waals surface area (Å²) in [5, 5.41) is 12.5. The SMILES string of the molecule is CC(F)(F)c1cc(Cn2cnc(C(F)(F)F)c(Oc3cc(Cl)cc(C#N)c3)c2=O)nn(COP(=O)(O)O)c1=O. The number of benzene rings is 1. The molecule has 0 amide bonds. The van der Waals surface area contributed by atoms with Crippen LogP contribution in [0, 0.1) is 11.3 Å². The Balaban J connectivity index is 2.14. The van der Waals surface area contributed by atoms with E-state index in [-0.39, 0.29) is 15.3 Å². The van der Waals surface area contributed by atoms with Crippen LogP contribution in [0.5, 0.6) is 11.5 Å². The lowest BCUT2D eigenvalue weighted by Crippen LogP contribution is -2.33. The second-order valence-corrected chi connectivity index (χ2v) is 9.41. The number of halogens is 6. The first-order chi connectivity index (χ1) is 17.9. The largest absolute Gasteiger partial charge is 0.471 e. The monoisotopic (exact) mass is 597 g/mol. The highest BCUT2D eigenvalue weighted by atomic mass is 35.5. The van der Waals surface area contributed by atoms with Gasteiger partial charge in [0, 0.05) is 11.9 Å². The Kier molecular flexibility index (Phi) is 8.29. The summed E-state index contributed by atoms with van der Waals surface area (Å²) >= 11 is 5.83. The van der Waals surface area contributed by atoms with Gasteiger partial charge in [-0.2, -0.15) is 23.5 Å². The number of phosphoric ester groups is 1. The van der Waals surface area contributed by atoms with Gasteiger partial charge in [0.05, 0.1) is 35.8 Å². The van der Waals surface area contributed by atoms with E-state index in [1.54, 1.807) is 6.07 Å². The second-order valence-electron chi connectivity index (χ2n) is 7.73. The third kappa shape index (κ3) is 7.46. The standard InChI is InChI=1S/C20H14ClF5N5O7P/c1-19(22,23)14-5-12(29-31(17(14)32)9-37-39(34,35)36)7-30-8-28-16(20(24,25)26)15(18(30)33)38-13-3-10(6-27)2-11(21)4-13/h2-5,8H,7,9H2,1H3,(H2,34,35,36). The van der Waals surface area contributed by atoms with Crippen LogP contribution in [0.1, 0.15) is 29.4 Å². The maximum atomic E-state index is 14.1. The molecule has 2 N–H and O–H groups in total. The van der Waals surface area contributed by atoms with Crippen molar-refractivity contribution < 1.29 is 45.6 Å². The molecule has 0 aliphatic carbocycles. The Hall–Kier alpha value is -3.68. The van der Waals surface area contributed by atoms with E-state index in [9.17, 15) is 36.1 Å². The van der Waals surface area contributed by atoms with Gasteiger partial charge in [0.2, 0.25) is 5.75 Å².